The molecule has 3 heterocycles. The number of H-pyrrole nitrogens is 1. The number of nitrogens with zero attached hydrogens (tertiary/aromatic N) is 2. The number of halogens is 1. The topological polar surface area (TPSA) is 73.5 Å². The predicted octanol–water partition coefficient (Wildman–Crippen LogP) is 3.95. The van der Waals surface area contributed by atoms with Crippen LogP contribution in [0.15, 0.2) is 58.4 Å². The van der Waals surface area contributed by atoms with Crippen LogP contribution in [-0.2, 0) is 9.59 Å². The van der Waals surface area contributed by atoms with Crippen molar-refractivity contribution in [3.05, 3.63) is 73.7 Å². The van der Waals surface area contributed by atoms with Crippen molar-refractivity contribution in [1.82, 2.24) is 4.98 Å². The summed E-state index contributed by atoms with van der Waals surface area (Å²) in [5.41, 5.74) is 2.45. The second kappa shape index (κ2) is 7.55. The predicted molar refractivity (Wildman–Crippen MR) is 125 cm³/mol. The third kappa shape index (κ3) is 3.30. The summed E-state index contributed by atoms with van der Waals surface area (Å²) in [6.45, 7) is 0. The number of hydrogen-bond donors (Lipinski definition) is 1. The number of hydrogen-bond acceptors (Lipinski definition) is 6. The number of amides is 2. The van der Waals surface area contributed by atoms with Gasteiger partial charge in [-0.1, -0.05) is 46.8 Å². The van der Waals surface area contributed by atoms with Crippen LogP contribution >= 0.6 is 34.7 Å². The largest absolute Gasteiger partial charge is 0.378 e. The third-order valence-corrected chi connectivity index (χ3v) is 8.33. The summed E-state index contributed by atoms with van der Waals surface area (Å²) >= 11 is 8.37. The highest BCUT2D eigenvalue weighted by Crippen LogP contribution is 2.53. The molecule has 3 aromatic rings. The number of anilines is 2. The van der Waals surface area contributed by atoms with Gasteiger partial charge in [0.2, 0.25) is 11.8 Å². The number of nitrogens with one attached hydrogen (secondary N) is 1. The zero-order valence-electron chi connectivity index (χ0n) is 16.7. The first-order valence-electron chi connectivity index (χ1n) is 9.65. The molecule has 2 aromatic carbocycles. The van der Waals surface area contributed by atoms with Gasteiger partial charge in [-0.05, 0) is 42.0 Å². The second-order valence-electron chi connectivity index (χ2n) is 7.72. The quantitative estimate of drug-likeness (QED) is 0.585. The van der Waals surface area contributed by atoms with E-state index in [0.717, 1.165) is 27.5 Å². The van der Waals surface area contributed by atoms with Gasteiger partial charge in [0, 0.05) is 35.6 Å². The Bertz CT molecular complexity index is 1230. The van der Waals surface area contributed by atoms with E-state index in [9.17, 15) is 14.4 Å². The standard InChI is InChI=1S/C22H18ClN3O3S2/c1-25(2)13-7-3-11(4-8-13)15-16-18(30-19-17(15)31-22(29)24-19)21(28)26(20(16)27)14-9-5-12(23)6-10-14/h3-10,15-16,18H,1-2H3,(H,24,29)/t15-,16-,18+/m0/s1. The Kier molecular flexibility index (Phi) is 4.96. The van der Waals surface area contributed by atoms with Crippen molar-refractivity contribution in [2.75, 3.05) is 23.9 Å². The molecule has 1 fully saturated rings. The van der Waals surface area contributed by atoms with E-state index in [2.05, 4.69) is 4.98 Å². The van der Waals surface area contributed by atoms with E-state index < -0.39 is 11.2 Å². The Balaban J connectivity index is 1.62. The summed E-state index contributed by atoms with van der Waals surface area (Å²) in [6, 6.07) is 14.6. The van der Waals surface area contributed by atoms with Crippen LogP contribution in [0.4, 0.5) is 11.4 Å². The van der Waals surface area contributed by atoms with Gasteiger partial charge >= 0.3 is 4.87 Å². The molecule has 0 unspecified atom stereocenters. The summed E-state index contributed by atoms with van der Waals surface area (Å²) in [5.74, 6) is -1.47. The zero-order valence-corrected chi connectivity index (χ0v) is 19.1. The fraction of sp³-hybridized carbons (Fsp3) is 0.227. The van der Waals surface area contributed by atoms with Crippen molar-refractivity contribution < 1.29 is 9.59 Å². The molecule has 158 valence electrons. The highest BCUT2D eigenvalue weighted by atomic mass is 35.5. The number of thioether (sulfide) groups is 1. The lowest BCUT2D eigenvalue weighted by molar-refractivity contribution is -0.122. The first kappa shape index (κ1) is 20.4. The smallest absolute Gasteiger partial charge is 0.305 e. The maximum absolute atomic E-state index is 13.6. The number of rotatable bonds is 3. The maximum atomic E-state index is 13.6. The summed E-state index contributed by atoms with van der Waals surface area (Å²) in [4.78, 5) is 45.8. The molecule has 0 bridgehead atoms. The number of carbonyl (C=O) groups is 2. The number of aromatic nitrogens is 1. The maximum Gasteiger partial charge on any atom is 0.305 e. The van der Waals surface area contributed by atoms with Crippen LogP contribution in [0.5, 0.6) is 0 Å². The first-order chi connectivity index (χ1) is 14.8. The van der Waals surface area contributed by atoms with E-state index in [1.807, 2.05) is 43.3 Å². The number of thiazole rings is 1. The Morgan fingerprint density at radius 3 is 2.29 bits per heavy atom. The molecule has 31 heavy (non-hydrogen) atoms. The number of fused-ring (bicyclic) bond motifs is 2. The third-order valence-electron chi connectivity index (χ3n) is 5.68. The van der Waals surface area contributed by atoms with Crippen LogP contribution in [0.1, 0.15) is 16.4 Å². The van der Waals surface area contributed by atoms with Crippen LogP contribution in [0.2, 0.25) is 5.02 Å². The van der Waals surface area contributed by atoms with Crippen LogP contribution in [0.25, 0.3) is 0 Å². The van der Waals surface area contributed by atoms with Gasteiger partial charge in [-0.3, -0.25) is 14.4 Å². The van der Waals surface area contributed by atoms with Crippen molar-refractivity contribution in [3.8, 4) is 0 Å². The van der Waals surface area contributed by atoms with Crippen LogP contribution in [0, 0.1) is 5.92 Å². The molecule has 0 radical (unpaired) electrons. The Morgan fingerprint density at radius 1 is 0.968 bits per heavy atom. The Labute approximate surface area is 191 Å². The van der Waals surface area contributed by atoms with Crippen molar-refractivity contribution >= 4 is 57.9 Å². The molecule has 6 nitrogen and oxygen atoms in total. The van der Waals surface area contributed by atoms with Crippen LogP contribution < -0.4 is 14.7 Å². The molecule has 2 aliphatic rings. The minimum absolute atomic E-state index is 0.179. The van der Waals surface area contributed by atoms with Gasteiger partial charge < -0.3 is 9.88 Å². The minimum atomic E-state index is -0.598. The van der Waals surface area contributed by atoms with Crippen LogP contribution in [-0.4, -0.2) is 36.1 Å². The molecule has 0 spiro atoms. The molecule has 9 heteroatoms. The van der Waals surface area contributed by atoms with Crippen molar-refractivity contribution in [2.24, 2.45) is 5.92 Å². The number of imide groups is 1. The highest BCUT2D eigenvalue weighted by molar-refractivity contribution is 8.00. The SMILES string of the molecule is CN(C)c1ccc([C@@H]2c3sc(=O)[nH]c3S[C@H]3C(=O)N(c4ccc(Cl)cc4)C(=O)[C@@H]23)cc1. The van der Waals surface area contributed by atoms with E-state index in [0.29, 0.717) is 15.7 Å². The van der Waals surface area contributed by atoms with Crippen molar-refractivity contribution in [2.45, 2.75) is 16.2 Å². The van der Waals surface area contributed by atoms with Crippen molar-refractivity contribution in [3.63, 3.8) is 0 Å². The Hall–Kier alpha value is -2.55. The summed E-state index contributed by atoms with van der Waals surface area (Å²) < 4.78 is 0. The lowest BCUT2D eigenvalue weighted by Gasteiger charge is -2.30. The van der Waals surface area contributed by atoms with E-state index in [1.165, 1.54) is 16.7 Å². The monoisotopic (exact) mass is 471 g/mol. The molecule has 2 amide bonds. The molecule has 5 rings (SSSR count). The number of benzene rings is 2. The molecule has 1 N–H and O–H groups in total. The fourth-order valence-electron chi connectivity index (χ4n) is 4.20. The number of aromatic amines is 1. The molecule has 1 aromatic heterocycles. The van der Waals surface area contributed by atoms with E-state index in [-0.39, 0.29) is 22.6 Å². The zero-order chi connectivity index (χ0) is 21.9. The summed E-state index contributed by atoms with van der Waals surface area (Å²) in [5, 5.41) is 0.616. The van der Waals surface area contributed by atoms with Gasteiger partial charge in [-0.15, -0.1) is 0 Å². The molecule has 2 aliphatic heterocycles. The van der Waals surface area contributed by atoms with Gasteiger partial charge in [-0.25, -0.2) is 4.90 Å². The fourth-order valence-corrected chi connectivity index (χ4v) is 6.84. The molecule has 0 aliphatic carbocycles. The molecule has 0 saturated carbocycles. The van der Waals surface area contributed by atoms with Crippen molar-refractivity contribution in [1.29, 1.82) is 0 Å². The van der Waals surface area contributed by atoms with Gasteiger partial charge in [-0.2, -0.15) is 0 Å². The summed E-state index contributed by atoms with van der Waals surface area (Å²) in [7, 11) is 3.92. The second-order valence-corrected chi connectivity index (χ2v) is 10.3. The van der Waals surface area contributed by atoms with E-state index in [4.69, 9.17) is 11.6 Å². The lowest BCUT2D eigenvalue weighted by Crippen LogP contribution is -2.32. The summed E-state index contributed by atoms with van der Waals surface area (Å²) in [6.07, 6.45) is 0. The molecular formula is C22H18ClN3O3S2. The lowest BCUT2D eigenvalue weighted by atomic mass is 9.83. The minimum Gasteiger partial charge on any atom is -0.378 e. The molecule has 3 atom stereocenters. The molecular weight excluding hydrogens is 454 g/mol. The van der Waals surface area contributed by atoms with E-state index in [1.54, 1.807) is 24.3 Å². The Morgan fingerprint density at radius 2 is 1.65 bits per heavy atom. The van der Waals surface area contributed by atoms with E-state index >= 15 is 0 Å². The van der Waals surface area contributed by atoms with Gasteiger partial charge in [0.05, 0.1) is 16.6 Å². The average molecular weight is 472 g/mol. The average Bonchev–Trinajstić information content (AvgIpc) is 3.24. The van der Waals surface area contributed by atoms with Gasteiger partial charge in [0.1, 0.15) is 5.25 Å². The van der Waals surface area contributed by atoms with Gasteiger partial charge in [0.25, 0.3) is 0 Å². The molecule has 1 saturated heterocycles. The first-order valence-corrected chi connectivity index (χ1v) is 11.7. The van der Waals surface area contributed by atoms with Crippen LogP contribution in [0.3, 0.4) is 0 Å². The number of carbonyl (C=O) groups excluding carboxylic acids is 2. The highest BCUT2D eigenvalue weighted by Gasteiger charge is 2.56. The van der Waals surface area contributed by atoms with Gasteiger partial charge in [0.15, 0.2) is 0 Å². The normalized spacial score (nSPS) is 22.4.